The first kappa shape index (κ1) is 15.3. The van der Waals surface area contributed by atoms with Gasteiger partial charge in [-0.25, -0.2) is 4.79 Å². The fraction of sp³-hybridized carbons (Fsp3) is 0.0769. The minimum atomic E-state index is -0.940. The number of carbonyl (C=O) groups excluding carboxylic acids is 1. The van der Waals surface area contributed by atoms with E-state index in [2.05, 4.69) is 27.9 Å². The zero-order valence-electron chi connectivity index (χ0n) is 10.1. The van der Waals surface area contributed by atoms with Crippen LogP contribution in [0.15, 0.2) is 40.6 Å². The van der Waals surface area contributed by atoms with Gasteiger partial charge in [0.2, 0.25) is 5.91 Å². The molecule has 0 aliphatic heterocycles. The fourth-order valence-corrected chi connectivity index (χ4v) is 3.63. The predicted octanol–water partition coefficient (Wildman–Crippen LogP) is 3.78. The number of amides is 1. The van der Waals surface area contributed by atoms with Crippen molar-refractivity contribution in [2.24, 2.45) is 0 Å². The van der Waals surface area contributed by atoms with Gasteiger partial charge in [-0.1, -0.05) is 6.07 Å². The number of thioether (sulfide) groups is 1. The van der Waals surface area contributed by atoms with Gasteiger partial charge in [0.15, 0.2) is 0 Å². The molecule has 1 heterocycles. The van der Waals surface area contributed by atoms with Gasteiger partial charge in [0, 0.05) is 19.5 Å². The zero-order valence-corrected chi connectivity index (χ0v) is 13.9. The molecular formula is C13H10INO3S2. The first-order valence-electron chi connectivity index (χ1n) is 5.54. The Labute approximate surface area is 137 Å². The van der Waals surface area contributed by atoms with Crippen molar-refractivity contribution in [3.63, 3.8) is 0 Å². The van der Waals surface area contributed by atoms with Gasteiger partial charge in [0.1, 0.15) is 4.88 Å². The zero-order chi connectivity index (χ0) is 14.5. The summed E-state index contributed by atoms with van der Waals surface area (Å²) in [6.45, 7) is 0. The first-order chi connectivity index (χ1) is 9.54. The second-order valence-corrected chi connectivity index (χ2v) is 7.00. The SMILES string of the molecule is O=C(CSc1csc(C(=O)O)c1)Nc1cccc(I)c1. The summed E-state index contributed by atoms with van der Waals surface area (Å²) in [5, 5.41) is 13.4. The van der Waals surface area contributed by atoms with E-state index in [0.29, 0.717) is 0 Å². The number of hydrogen-bond donors (Lipinski definition) is 2. The number of carboxylic acid groups (broad SMARTS) is 1. The molecular weight excluding hydrogens is 409 g/mol. The Hall–Kier alpha value is -1.06. The van der Waals surface area contributed by atoms with Crippen molar-refractivity contribution < 1.29 is 14.7 Å². The second kappa shape index (κ2) is 7.09. The number of aromatic carboxylic acids is 1. The third kappa shape index (κ3) is 4.50. The van der Waals surface area contributed by atoms with Crippen LogP contribution < -0.4 is 5.32 Å². The van der Waals surface area contributed by atoms with Crippen LogP contribution in [0.5, 0.6) is 0 Å². The van der Waals surface area contributed by atoms with Crippen LogP contribution in [0.3, 0.4) is 0 Å². The summed E-state index contributed by atoms with van der Waals surface area (Å²) < 4.78 is 1.05. The summed E-state index contributed by atoms with van der Waals surface area (Å²) in [4.78, 5) is 23.6. The van der Waals surface area contributed by atoms with Crippen LogP contribution in [-0.2, 0) is 4.79 Å². The summed E-state index contributed by atoms with van der Waals surface area (Å²) in [7, 11) is 0. The van der Waals surface area contributed by atoms with E-state index in [1.165, 1.54) is 11.8 Å². The normalized spacial score (nSPS) is 10.2. The number of carbonyl (C=O) groups is 2. The molecule has 0 spiro atoms. The maximum absolute atomic E-state index is 11.8. The molecule has 0 bridgehead atoms. The van der Waals surface area contributed by atoms with Gasteiger partial charge in [-0.05, 0) is 46.9 Å². The molecule has 0 aliphatic rings. The van der Waals surface area contributed by atoms with Gasteiger partial charge in [0.05, 0.1) is 5.75 Å². The second-order valence-electron chi connectivity index (χ2n) is 3.80. The lowest BCUT2D eigenvalue weighted by atomic mass is 10.3. The number of halogens is 1. The van der Waals surface area contributed by atoms with E-state index in [0.717, 1.165) is 25.5 Å². The van der Waals surface area contributed by atoms with E-state index in [9.17, 15) is 9.59 Å². The van der Waals surface area contributed by atoms with Crippen LogP contribution >= 0.6 is 45.7 Å². The lowest BCUT2D eigenvalue weighted by Gasteiger charge is -2.04. The van der Waals surface area contributed by atoms with Crippen molar-refractivity contribution in [1.29, 1.82) is 0 Å². The molecule has 104 valence electrons. The van der Waals surface area contributed by atoms with Crippen LogP contribution in [0.4, 0.5) is 5.69 Å². The molecule has 7 heteroatoms. The van der Waals surface area contributed by atoms with Crippen LogP contribution in [0, 0.1) is 3.57 Å². The highest BCUT2D eigenvalue weighted by Crippen LogP contribution is 2.25. The first-order valence-corrected chi connectivity index (χ1v) is 8.49. The molecule has 1 amide bonds. The van der Waals surface area contributed by atoms with E-state index >= 15 is 0 Å². The number of hydrogen-bond acceptors (Lipinski definition) is 4. The minimum Gasteiger partial charge on any atom is -0.477 e. The van der Waals surface area contributed by atoms with Crippen LogP contribution in [0.25, 0.3) is 0 Å². The Morgan fingerprint density at radius 3 is 2.80 bits per heavy atom. The summed E-state index contributed by atoms with van der Waals surface area (Å²) in [5.74, 6) is -0.799. The van der Waals surface area contributed by atoms with Crippen molar-refractivity contribution >= 4 is 63.3 Å². The van der Waals surface area contributed by atoms with Crippen LogP contribution in [0.1, 0.15) is 9.67 Å². The summed E-state index contributed by atoms with van der Waals surface area (Å²) in [6, 6.07) is 9.12. The van der Waals surface area contributed by atoms with Crippen molar-refractivity contribution in [2.45, 2.75) is 4.90 Å². The average molecular weight is 419 g/mol. The molecule has 2 rings (SSSR count). The van der Waals surface area contributed by atoms with Gasteiger partial charge in [-0.3, -0.25) is 4.79 Å². The van der Waals surface area contributed by atoms with Crippen molar-refractivity contribution in [3.8, 4) is 0 Å². The molecule has 2 aromatic rings. The third-order valence-electron chi connectivity index (χ3n) is 2.26. The topological polar surface area (TPSA) is 66.4 Å². The summed E-state index contributed by atoms with van der Waals surface area (Å²) >= 11 is 4.67. The van der Waals surface area contributed by atoms with E-state index in [4.69, 9.17) is 5.11 Å². The highest BCUT2D eigenvalue weighted by Gasteiger charge is 2.09. The molecule has 4 nitrogen and oxygen atoms in total. The lowest BCUT2D eigenvalue weighted by molar-refractivity contribution is -0.113. The highest BCUT2D eigenvalue weighted by molar-refractivity contribution is 14.1. The molecule has 0 radical (unpaired) electrons. The van der Waals surface area contributed by atoms with E-state index in [1.807, 2.05) is 24.3 Å². The molecule has 0 unspecified atom stereocenters. The number of rotatable bonds is 5. The average Bonchev–Trinajstić information content (AvgIpc) is 2.85. The molecule has 0 saturated heterocycles. The van der Waals surface area contributed by atoms with Gasteiger partial charge in [-0.2, -0.15) is 0 Å². The monoisotopic (exact) mass is 419 g/mol. The smallest absolute Gasteiger partial charge is 0.345 e. The summed E-state index contributed by atoms with van der Waals surface area (Å²) in [6.07, 6.45) is 0. The quantitative estimate of drug-likeness (QED) is 0.572. The van der Waals surface area contributed by atoms with Crippen molar-refractivity contribution in [3.05, 3.63) is 44.2 Å². The number of thiophene rings is 1. The third-order valence-corrected chi connectivity index (χ3v) is 4.98. The van der Waals surface area contributed by atoms with E-state index < -0.39 is 5.97 Å². The Bertz CT molecular complexity index is 642. The van der Waals surface area contributed by atoms with Crippen molar-refractivity contribution in [1.82, 2.24) is 0 Å². The predicted molar refractivity (Wildman–Crippen MR) is 89.8 cm³/mol. The standard InChI is InChI=1S/C13H10INO3S2/c14-8-2-1-3-9(4-8)15-12(16)7-19-10-5-11(13(17)18)20-6-10/h1-6H,7H2,(H,15,16)(H,17,18). The molecule has 1 aromatic heterocycles. The lowest BCUT2D eigenvalue weighted by Crippen LogP contribution is -2.13. The van der Waals surface area contributed by atoms with Crippen LogP contribution in [0.2, 0.25) is 0 Å². The Morgan fingerprint density at radius 2 is 2.15 bits per heavy atom. The molecule has 0 aliphatic carbocycles. The van der Waals surface area contributed by atoms with Gasteiger partial charge < -0.3 is 10.4 Å². The maximum Gasteiger partial charge on any atom is 0.345 e. The largest absolute Gasteiger partial charge is 0.477 e. The van der Waals surface area contributed by atoms with Gasteiger partial charge in [0.25, 0.3) is 0 Å². The highest BCUT2D eigenvalue weighted by atomic mass is 127. The Kier molecular flexibility index (Phi) is 5.44. The Morgan fingerprint density at radius 1 is 1.35 bits per heavy atom. The number of carboxylic acids is 1. The molecule has 0 saturated carbocycles. The van der Waals surface area contributed by atoms with Gasteiger partial charge in [-0.15, -0.1) is 23.1 Å². The molecule has 20 heavy (non-hydrogen) atoms. The fourth-order valence-electron chi connectivity index (χ4n) is 1.42. The van der Waals surface area contributed by atoms with Crippen molar-refractivity contribution in [2.75, 3.05) is 11.1 Å². The van der Waals surface area contributed by atoms with Gasteiger partial charge >= 0.3 is 5.97 Å². The summed E-state index contributed by atoms with van der Waals surface area (Å²) in [5.41, 5.74) is 0.763. The number of benzene rings is 1. The van der Waals surface area contributed by atoms with E-state index in [-0.39, 0.29) is 16.5 Å². The number of nitrogens with one attached hydrogen (secondary N) is 1. The van der Waals surface area contributed by atoms with Crippen LogP contribution in [-0.4, -0.2) is 22.7 Å². The maximum atomic E-state index is 11.8. The number of anilines is 1. The molecule has 0 atom stereocenters. The Balaban J connectivity index is 1.87. The minimum absolute atomic E-state index is 0.111. The molecule has 1 aromatic carbocycles. The molecule has 2 N–H and O–H groups in total. The molecule has 0 fully saturated rings. The van der Waals surface area contributed by atoms with E-state index in [1.54, 1.807) is 11.4 Å².